The third-order valence-corrected chi connectivity index (χ3v) is 3.62. The summed E-state index contributed by atoms with van der Waals surface area (Å²) in [6, 6.07) is 5.28. The van der Waals surface area contributed by atoms with E-state index >= 15 is 0 Å². The molecule has 0 amide bonds. The van der Waals surface area contributed by atoms with Crippen molar-refractivity contribution in [1.82, 2.24) is 15.5 Å². The second-order valence-corrected chi connectivity index (χ2v) is 5.53. The van der Waals surface area contributed by atoms with Crippen LogP contribution < -0.4 is 10.6 Å². The summed E-state index contributed by atoms with van der Waals surface area (Å²) in [6.07, 6.45) is -3.65. The van der Waals surface area contributed by atoms with Gasteiger partial charge in [0.15, 0.2) is 5.96 Å². The molecule has 0 saturated heterocycles. The zero-order valence-corrected chi connectivity index (χ0v) is 14.6. The lowest BCUT2D eigenvalue weighted by Gasteiger charge is -2.14. The minimum absolute atomic E-state index is 0.612. The Hall–Kier alpha value is -1.76. The Morgan fingerprint density at radius 1 is 1.12 bits per heavy atom. The van der Waals surface area contributed by atoms with Gasteiger partial charge in [-0.1, -0.05) is 19.1 Å². The molecule has 0 aromatic heterocycles. The fourth-order valence-corrected chi connectivity index (χ4v) is 2.02. The number of aliphatic imine (C=N–C) groups is 1. The first-order valence-electron chi connectivity index (χ1n) is 8.23. The second kappa shape index (κ2) is 10.2. The minimum Gasteiger partial charge on any atom is -0.357 e. The van der Waals surface area contributed by atoms with E-state index in [9.17, 15) is 13.2 Å². The van der Waals surface area contributed by atoms with Crippen LogP contribution in [0.1, 0.15) is 25.0 Å². The van der Waals surface area contributed by atoms with Gasteiger partial charge in [0.2, 0.25) is 0 Å². The van der Waals surface area contributed by atoms with Crippen molar-refractivity contribution in [1.29, 1.82) is 0 Å². The molecule has 0 unspecified atom stereocenters. The standard InChI is InChI=1S/C17H27F3N4/c1-4-21-16(23-12-13-24(3)5-2)22-11-10-14-6-8-15(9-7-14)17(18,19)20/h6-9H,4-5,10-13H2,1-3H3,(H2,21,22,23). The minimum atomic E-state index is -4.28. The molecule has 0 aliphatic carbocycles. The molecule has 136 valence electrons. The van der Waals surface area contributed by atoms with E-state index in [1.54, 1.807) is 0 Å². The Bertz CT molecular complexity index is 498. The van der Waals surface area contributed by atoms with E-state index in [2.05, 4.69) is 27.4 Å². The van der Waals surface area contributed by atoms with Crippen LogP contribution in [-0.2, 0) is 12.6 Å². The summed E-state index contributed by atoms with van der Waals surface area (Å²) in [7, 11) is 2.04. The maximum Gasteiger partial charge on any atom is 0.416 e. The highest BCUT2D eigenvalue weighted by Gasteiger charge is 2.29. The van der Waals surface area contributed by atoms with Gasteiger partial charge in [-0.15, -0.1) is 0 Å². The number of likely N-dealkylation sites (N-methyl/N-ethyl adjacent to an activating group) is 1. The normalized spacial score (nSPS) is 12.5. The number of halogens is 3. The molecule has 4 nitrogen and oxygen atoms in total. The molecule has 24 heavy (non-hydrogen) atoms. The van der Waals surface area contributed by atoms with E-state index in [-0.39, 0.29) is 0 Å². The van der Waals surface area contributed by atoms with Gasteiger partial charge in [0.25, 0.3) is 0 Å². The maximum atomic E-state index is 12.5. The van der Waals surface area contributed by atoms with Crippen LogP contribution in [0.15, 0.2) is 29.3 Å². The van der Waals surface area contributed by atoms with E-state index in [1.807, 2.05) is 14.0 Å². The number of hydrogen-bond donors (Lipinski definition) is 2. The molecule has 0 atom stereocenters. The zero-order valence-electron chi connectivity index (χ0n) is 14.6. The lowest BCUT2D eigenvalue weighted by atomic mass is 10.1. The second-order valence-electron chi connectivity index (χ2n) is 5.53. The van der Waals surface area contributed by atoms with Crippen LogP contribution in [0.5, 0.6) is 0 Å². The summed E-state index contributed by atoms with van der Waals surface area (Å²) in [5.74, 6) is 0.730. The average molecular weight is 344 g/mol. The van der Waals surface area contributed by atoms with Gasteiger partial charge in [-0.05, 0) is 44.6 Å². The Balaban J connectivity index is 2.45. The molecule has 0 aliphatic rings. The van der Waals surface area contributed by atoms with Crippen molar-refractivity contribution < 1.29 is 13.2 Å². The fourth-order valence-electron chi connectivity index (χ4n) is 2.02. The number of nitrogens with zero attached hydrogens (tertiary/aromatic N) is 2. The molecule has 1 aromatic carbocycles. The van der Waals surface area contributed by atoms with Gasteiger partial charge in [-0.25, -0.2) is 0 Å². The topological polar surface area (TPSA) is 39.7 Å². The van der Waals surface area contributed by atoms with Crippen LogP contribution in [0, 0.1) is 0 Å². The maximum absolute atomic E-state index is 12.5. The van der Waals surface area contributed by atoms with Crippen LogP contribution in [0.25, 0.3) is 0 Å². The van der Waals surface area contributed by atoms with Crippen LogP contribution in [0.4, 0.5) is 13.2 Å². The predicted octanol–water partition coefficient (Wildman–Crippen LogP) is 2.75. The monoisotopic (exact) mass is 344 g/mol. The Morgan fingerprint density at radius 2 is 1.79 bits per heavy atom. The molecule has 0 saturated carbocycles. The third-order valence-electron chi connectivity index (χ3n) is 3.62. The van der Waals surface area contributed by atoms with E-state index < -0.39 is 11.7 Å². The number of benzene rings is 1. The molecule has 0 bridgehead atoms. The van der Waals surface area contributed by atoms with Crippen LogP contribution in [-0.4, -0.2) is 50.6 Å². The Labute approximate surface area is 142 Å². The van der Waals surface area contributed by atoms with Crippen molar-refractivity contribution in [3.63, 3.8) is 0 Å². The highest BCUT2D eigenvalue weighted by molar-refractivity contribution is 5.79. The summed E-state index contributed by atoms with van der Waals surface area (Å²) in [4.78, 5) is 6.66. The largest absolute Gasteiger partial charge is 0.416 e. The summed E-state index contributed by atoms with van der Waals surface area (Å²) < 4.78 is 37.6. The van der Waals surface area contributed by atoms with Crippen LogP contribution in [0.2, 0.25) is 0 Å². The first kappa shape index (κ1) is 20.3. The van der Waals surface area contributed by atoms with Crippen molar-refractivity contribution in [3.8, 4) is 0 Å². The van der Waals surface area contributed by atoms with Crippen molar-refractivity contribution in [2.24, 2.45) is 4.99 Å². The molecule has 0 fully saturated rings. The average Bonchev–Trinajstić information content (AvgIpc) is 2.54. The summed E-state index contributed by atoms with van der Waals surface area (Å²) in [5, 5.41) is 6.37. The fraction of sp³-hybridized carbons (Fsp3) is 0.588. The van der Waals surface area contributed by atoms with Gasteiger partial charge < -0.3 is 15.5 Å². The van der Waals surface area contributed by atoms with Gasteiger partial charge in [0.1, 0.15) is 0 Å². The van der Waals surface area contributed by atoms with E-state index in [0.29, 0.717) is 19.5 Å². The number of nitrogens with one attached hydrogen (secondary N) is 2. The van der Waals surface area contributed by atoms with Gasteiger partial charge in [0.05, 0.1) is 12.1 Å². The number of alkyl halides is 3. The SMILES string of the molecule is CCNC(=NCCN(C)CC)NCCc1ccc(C(F)(F)F)cc1. The molecule has 1 rings (SSSR count). The van der Waals surface area contributed by atoms with E-state index in [0.717, 1.165) is 43.3 Å². The molecule has 7 heteroatoms. The molecular weight excluding hydrogens is 317 g/mol. The third kappa shape index (κ3) is 7.68. The van der Waals surface area contributed by atoms with Crippen LogP contribution in [0.3, 0.4) is 0 Å². The van der Waals surface area contributed by atoms with Gasteiger partial charge in [0, 0.05) is 19.6 Å². The summed E-state index contributed by atoms with van der Waals surface area (Å²) in [6.45, 7) is 8.01. The van der Waals surface area contributed by atoms with Crippen molar-refractivity contribution in [2.75, 3.05) is 39.8 Å². The van der Waals surface area contributed by atoms with Crippen LogP contribution >= 0.6 is 0 Å². The zero-order chi connectivity index (χ0) is 18.0. The number of hydrogen-bond acceptors (Lipinski definition) is 2. The highest BCUT2D eigenvalue weighted by atomic mass is 19.4. The number of rotatable bonds is 8. The molecule has 2 N–H and O–H groups in total. The quantitative estimate of drug-likeness (QED) is 0.563. The van der Waals surface area contributed by atoms with Crippen molar-refractivity contribution in [3.05, 3.63) is 35.4 Å². The van der Waals surface area contributed by atoms with Crippen molar-refractivity contribution in [2.45, 2.75) is 26.4 Å². The smallest absolute Gasteiger partial charge is 0.357 e. The molecule has 0 aliphatic heterocycles. The molecule has 1 aromatic rings. The molecule has 0 heterocycles. The lowest BCUT2D eigenvalue weighted by molar-refractivity contribution is -0.137. The molecule has 0 spiro atoms. The molecular formula is C17H27F3N4. The summed E-state index contributed by atoms with van der Waals surface area (Å²) >= 11 is 0. The highest BCUT2D eigenvalue weighted by Crippen LogP contribution is 2.29. The predicted molar refractivity (Wildman–Crippen MR) is 92.3 cm³/mol. The Kier molecular flexibility index (Phi) is 8.60. The molecule has 0 radical (unpaired) electrons. The van der Waals surface area contributed by atoms with Gasteiger partial charge >= 0.3 is 6.18 Å². The lowest BCUT2D eigenvalue weighted by Crippen LogP contribution is -2.38. The first-order chi connectivity index (χ1) is 11.4. The Morgan fingerprint density at radius 3 is 2.33 bits per heavy atom. The van der Waals surface area contributed by atoms with Gasteiger partial charge in [-0.3, -0.25) is 4.99 Å². The van der Waals surface area contributed by atoms with Gasteiger partial charge in [-0.2, -0.15) is 13.2 Å². The van der Waals surface area contributed by atoms with Crippen molar-refractivity contribution >= 4 is 5.96 Å². The first-order valence-corrected chi connectivity index (χ1v) is 8.23. The number of guanidine groups is 1. The van der Waals surface area contributed by atoms with E-state index in [4.69, 9.17) is 0 Å². The van der Waals surface area contributed by atoms with E-state index in [1.165, 1.54) is 12.1 Å². The summed E-state index contributed by atoms with van der Waals surface area (Å²) in [5.41, 5.74) is 0.242.